The number of amides is 2. The van der Waals surface area contributed by atoms with E-state index in [9.17, 15) is 9.59 Å². The van der Waals surface area contributed by atoms with E-state index in [2.05, 4.69) is 5.32 Å². The molecule has 7 heteroatoms. The fraction of sp³-hybridized carbons (Fsp3) is 0.440. The van der Waals surface area contributed by atoms with Gasteiger partial charge in [-0.05, 0) is 43.0 Å². The van der Waals surface area contributed by atoms with Crippen molar-refractivity contribution < 1.29 is 9.59 Å². The summed E-state index contributed by atoms with van der Waals surface area (Å²) in [6.07, 6.45) is 5.52. The summed E-state index contributed by atoms with van der Waals surface area (Å²) in [4.78, 5) is 27.8. The summed E-state index contributed by atoms with van der Waals surface area (Å²) in [5.74, 6) is 0.884. The van der Waals surface area contributed by atoms with Gasteiger partial charge in [0.2, 0.25) is 11.8 Å². The molecule has 0 saturated heterocycles. The lowest BCUT2D eigenvalue weighted by Gasteiger charge is -2.31. The van der Waals surface area contributed by atoms with Crippen LogP contribution in [0.5, 0.6) is 0 Å². The largest absolute Gasteiger partial charge is 0.352 e. The van der Waals surface area contributed by atoms with Crippen LogP contribution in [0.25, 0.3) is 0 Å². The Labute approximate surface area is 205 Å². The first-order valence-electron chi connectivity index (χ1n) is 11.1. The average Bonchev–Trinajstić information content (AvgIpc) is 2.80. The zero-order valence-electron chi connectivity index (χ0n) is 18.4. The number of nitrogens with zero attached hydrogens (tertiary/aromatic N) is 1. The summed E-state index contributed by atoms with van der Waals surface area (Å²) >= 11 is 13.8. The molecule has 2 aromatic carbocycles. The molecule has 2 amide bonds. The van der Waals surface area contributed by atoms with Crippen LogP contribution in [0.15, 0.2) is 48.5 Å². The number of nitrogens with one attached hydrogen (secondary N) is 1. The molecule has 0 heterocycles. The number of carbonyl (C=O) groups excluding carboxylic acids is 2. The summed E-state index contributed by atoms with van der Waals surface area (Å²) in [6.45, 7) is 2.11. The molecule has 0 radical (unpaired) electrons. The highest BCUT2D eigenvalue weighted by Gasteiger charge is 2.28. The summed E-state index contributed by atoms with van der Waals surface area (Å²) in [6, 6.07) is 15.0. The van der Waals surface area contributed by atoms with Gasteiger partial charge in [-0.3, -0.25) is 9.59 Å². The second-order valence-corrected chi connectivity index (χ2v) is 10.1. The van der Waals surface area contributed by atoms with Gasteiger partial charge in [-0.2, -0.15) is 0 Å². The summed E-state index contributed by atoms with van der Waals surface area (Å²) in [5, 5.41) is 4.06. The molecule has 0 aliphatic heterocycles. The molecule has 1 aliphatic carbocycles. The lowest BCUT2D eigenvalue weighted by Crippen LogP contribution is -2.50. The van der Waals surface area contributed by atoms with E-state index in [1.54, 1.807) is 35.7 Å². The number of hydrogen-bond donors (Lipinski definition) is 1. The first-order chi connectivity index (χ1) is 15.4. The van der Waals surface area contributed by atoms with Gasteiger partial charge in [0.15, 0.2) is 0 Å². The van der Waals surface area contributed by atoms with E-state index in [4.69, 9.17) is 23.2 Å². The highest BCUT2D eigenvalue weighted by molar-refractivity contribution is 7.99. The predicted octanol–water partition coefficient (Wildman–Crippen LogP) is 6.09. The minimum absolute atomic E-state index is 0.0664. The highest BCUT2D eigenvalue weighted by Crippen LogP contribution is 2.24. The van der Waals surface area contributed by atoms with Crippen LogP contribution >= 0.6 is 35.0 Å². The van der Waals surface area contributed by atoms with Gasteiger partial charge in [0.1, 0.15) is 6.04 Å². The Morgan fingerprint density at radius 1 is 1.03 bits per heavy atom. The quantitative estimate of drug-likeness (QED) is 0.460. The Hall–Kier alpha value is -1.69. The third-order valence-corrected chi connectivity index (χ3v) is 7.52. The van der Waals surface area contributed by atoms with Crippen LogP contribution in [0.3, 0.4) is 0 Å². The van der Waals surface area contributed by atoms with E-state index in [-0.39, 0.29) is 17.9 Å². The molecule has 3 rings (SSSR count). The maximum absolute atomic E-state index is 13.2. The highest BCUT2D eigenvalue weighted by atomic mass is 35.5. The third kappa shape index (κ3) is 7.43. The molecule has 0 aromatic heterocycles. The lowest BCUT2D eigenvalue weighted by atomic mass is 9.95. The Kier molecular flexibility index (Phi) is 9.76. The smallest absolute Gasteiger partial charge is 0.242 e. The molecule has 32 heavy (non-hydrogen) atoms. The topological polar surface area (TPSA) is 49.4 Å². The van der Waals surface area contributed by atoms with Crippen molar-refractivity contribution >= 4 is 46.8 Å². The van der Waals surface area contributed by atoms with Crippen molar-refractivity contribution in [2.75, 3.05) is 5.75 Å². The molecule has 0 spiro atoms. The van der Waals surface area contributed by atoms with Crippen molar-refractivity contribution in [3.8, 4) is 0 Å². The molecule has 1 aliphatic rings. The molecule has 0 bridgehead atoms. The third-order valence-electron chi connectivity index (χ3n) is 5.79. The van der Waals surface area contributed by atoms with Gasteiger partial charge >= 0.3 is 0 Å². The molecule has 1 saturated carbocycles. The zero-order valence-corrected chi connectivity index (χ0v) is 20.7. The van der Waals surface area contributed by atoms with E-state index >= 15 is 0 Å². The van der Waals surface area contributed by atoms with E-state index in [0.717, 1.165) is 37.0 Å². The fourth-order valence-electron chi connectivity index (χ4n) is 3.90. The van der Waals surface area contributed by atoms with E-state index in [1.165, 1.54) is 12.0 Å². The lowest BCUT2D eigenvalue weighted by molar-refractivity contribution is -0.139. The van der Waals surface area contributed by atoms with E-state index < -0.39 is 6.04 Å². The Morgan fingerprint density at radius 3 is 2.44 bits per heavy atom. The Balaban J connectivity index is 1.67. The Morgan fingerprint density at radius 2 is 1.75 bits per heavy atom. The molecule has 4 nitrogen and oxygen atoms in total. The number of thioether (sulfide) groups is 1. The van der Waals surface area contributed by atoms with Gasteiger partial charge in [0.05, 0.1) is 15.8 Å². The maximum atomic E-state index is 13.2. The first kappa shape index (κ1) is 24.9. The van der Waals surface area contributed by atoms with Crippen molar-refractivity contribution in [3.05, 3.63) is 69.7 Å². The number of halogens is 2. The van der Waals surface area contributed by atoms with Crippen LogP contribution < -0.4 is 5.32 Å². The van der Waals surface area contributed by atoms with Crippen LogP contribution in [0, 0.1) is 0 Å². The Bertz CT molecular complexity index is 904. The van der Waals surface area contributed by atoms with Crippen molar-refractivity contribution in [1.29, 1.82) is 0 Å². The molecule has 1 fully saturated rings. The second kappa shape index (κ2) is 12.5. The summed E-state index contributed by atoms with van der Waals surface area (Å²) < 4.78 is 0. The minimum atomic E-state index is -0.573. The fourth-order valence-corrected chi connectivity index (χ4v) is 5.09. The van der Waals surface area contributed by atoms with Crippen molar-refractivity contribution in [2.45, 2.75) is 63.4 Å². The van der Waals surface area contributed by atoms with Crippen LogP contribution in [-0.2, 0) is 21.9 Å². The standard InChI is InChI=1S/C25H30Cl2N2O2S/c1-18(25(31)28-21-10-6-3-7-11-21)29(15-20-12-13-22(26)23(27)14-20)24(30)17-32-16-19-8-4-2-5-9-19/h2,4-5,8-9,12-14,18,21H,3,6-7,10-11,15-17H2,1H3,(H,28,31)/t18-/m0/s1. The van der Waals surface area contributed by atoms with Gasteiger partial charge in [0, 0.05) is 18.3 Å². The molecule has 1 N–H and O–H groups in total. The minimum Gasteiger partial charge on any atom is -0.352 e. The van der Waals surface area contributed by atoms with Gasteiger partial charge < -0.3 is 10.2 Å². The molecule has 0 unspecified atom stereocenters. The zero-order chi connectivity index (χ0) is 22.9. The molecule has 1 atom stereocenters. The maximum Gasteiger partial charge on any atom is 0.242 e. The van der Waals surface area contributed by atoms with Crippen LogP contribution in [0.2, 0.25) is 10.0 Å². The first-order valence-corrected chi connectivity index (χ1v) is 13.0. The van der Waals surface area contributed by atoms with Gasteiger partial charge in [-0.15, -0.1) is 11.8 Å². The number of benzene rings is 2. The molecule has 172 valence electrons. The SMILES string of the molecule is C[C@@H](C(=O)NC1CCCCC1)N(Cc1ccc(Cl)c(Cl)c1)C(=O)CSCc1ccccc1. The van der Waals surface area contributed by atoms with Gasteiger partial charge in [-0.25, -0.2) is 0 Å². The van der Waals surface area contributed by atoms with Gasteiger partial charge in [-0.1, -0.05) is 78.9 Å². The number of carbonyl (C=O) groups is 2. The monoisotopic (exact) mass is 492 g/mol. The molecular formula is C25H30Cl2N2O2S. The van der Waals surface area contributed by atoms with E-state index in [1.807, 2.05) is 36.4 Å². The van der Waals surface area contributed by atoms with Crippen LogP contribution in [0.1, 0.15) is 50.2 Å². The normalized spacial score (nSPS) is 15.2. The van der Waals surface area contributed by atoms with Crippen molar-refractivity contribution in [3.63, 3.8) is 0 Å². The summed E-state index contributed by atoms with van der Waals surface area (Å²) in [7, 11) is 0. The number of rotatable bonds is 9. The number of hydrogen-bond acceptors (Lipinski definition) is 3. The van der Waals surface area contributed by atoms with E-state index in [0.29, 0.717) is 22.3 Å². The second-order valence-electron chi connectivity index (χ2n) is 8.27. The van der Waals surface area contributed by atoms with Crippen LogP contribution in [0.4, 0.5) is 0 Å². The molecule has 2 aromatic rings. The predicted molar refractivity (Wildman–Crippen MR) is 134 cm³/mol. The van der Waals surface area contributed by atoms with Crippen LogP contribution in [-0.4, -0.2) is 34.6 Å². The van der Waals surface area contributed by atoms with Crippen molar-refractivity contribution in [2.24, 2.45) is 0 Å². The average molecular weight is 494 g/mol. The van der Waals surface area contributed by atoms with Gasteiger partial charge in [0.25, 0.3) is 0 Å². The molecular weight excluding hydrogens is 463 g/mol. The summed E-state index contributed by atoms with van der Waals surface area (Å²) in [5.41, 5.74) is 2.02. The van der Waals surface area contributed by atoms with Crippen molar-refractivity contribution in [1.82, 2.24) is 10.2 Å².